The number of hydrogen-bond acceptors (Lipinski definition) is 5. The lowest BCUT2D eigenvalue weighted by atomic mass is 10.3. The van der Waals surface area contributed by atoms with Gasteiger partial charge in [0.15, 0.2) is 9.84 Å². The van der Waals surface area contributed by atoms with E-state index in [0.717, 1.165) is 10.5 Å². The molecular formula is C13H13ClN2O2S2. The summed E-state index contributed by atoms with van der Waals surface area (Å²) in [5.74, 6) is 0. The van der Waals surface area contributed by atoms with Gasteiger partial charge in [0.25, 0.3) is 0 Å². The number of nitrogens with two attached hydrogens (primary N) is 1. The average Bonchev–Trinajstić information content (AvgIpc) is 2.41. The van der Waals surface area contributed by atoms with Crippen molar-refractivity contribution in [1.29, 1.82) is 0 Å². The molecule has 0 aliphatic rings. The largest absolute Gasteiger partial charge is 0.326 e. The number of aromatic nitrogens is 1. The third kappa shape index (κ3) is 3.52. The zero-order chi connectivity index (χ0) is 14.8. The van der Waals surface area contributed by atoms with E-state index in [1.165, 1.54) is 18.0 Å². The molecule has 0 bridgehead atoms. The summed E-state index contributed by atoms with van der Waals surface area (Å²) in [6, 6.07) is 8.37. The van der Waals surface area contributed by atoms with Crippen LogP contribution >= 0.6 is 23.4 Å². The molecule has 2 rings (SSSR count). The second kappa shape index (κ2) is 6.13. The summed E-state index contributed by atoms with van der Waals surface area (Å²) in [7, 11) is -3.18. The van der Waals surface area contributed by atoms with E-state index in [9.17, 15) is 8.42 Å². The van der Waals surface area contributed by atoms with Crippen LogP contribution in [0.15, 0.2) is 51.3 Å². The number of nitrogens with zero attached hydrogens (tertiary/aromatic N) is 1. The van der Waals surface area contributed by atoms with Crippen molar-refractivity contribution >= 4 is 33.2 Å². The van der Waals surface area contributed by atoms with E-state index in [2.05, 4.69) is 4.98 Å². The molecule has 0 amide bonds. The number of rotatable bonds is 4. The lowest BCUT2D eigenvalue weighted by molar-refractivity contribution is 0.602. The molecule has 4 nitrogen and oxygen atoms in total. The fourth-order valence-electron chi connectivity index (χ4n) is 1.56. The molecule has 0 radical (unpaired) electrons. The Morgan fingerprint density at radius 3 is 2.45 bits per heavy atom. The summed E-state index contributed by atoms with van der Waals surface area (Å²) in [4.78, 5) is 5.36. The maximum atomic E-state index is 11.4. The minimum Gasteiger partial charge on any atom is -0.326 e. The zero-order valence-electron chi connectivity index (χ0n) is 10.7. The summed E-state index contributed by atoms with van der Waals surface area (Å²) in [6.07, 6.45) is 2.83. The molecule has 1 heterocycles. The predicted octanol–water partition coefficient (Wildman–Crippen LogP) is 2.75. The van der Waals surface area contributed by atoms with Crippen LogP contribution in [0, 0.1) is 0 Å². The average molecular weight is 329 g/mol. The fraction of sp³-hybridized carbons (Fsp3) is 0.154. The summed E-state index contributed by atoms with van der Waals surface area (Å²) in [5, 5.41) is 1.19. The van der Waals surface area contributed by atoms with Gasteiger partial charge in [-0.3, -0.25) is 0 Å². The van der Waals surface area contributed by atoms with Crippen molar-refractivity contribution in [2.45, 2.75) is 21.4 Å². The van der Waals surface area contributed by atoms with Crippen LogP contribution in [0.5, 0.6) is 0 Å². The van der Waals surface area contributed by atoms with E-state index < -0.39 is 9.84 Å². The van der Waals surface area contributed by atoms with Crippen LogP contribution in [0.3, 0.4) is 0 Å². The zero-order valence-corrected chi connectivity index (χ0v) is 13.1. The highest BCUT2D eigenvalue weighted by atomic mass is 35.5. The van der Waals surface area contributed by atoms with Gasteiger partial charge < -0.3 is 5.73 Å². The second-order valence-electron chi connectivity index (χ2n) is 4.14. The van der Waals surface area contributed by atoms with E-state index in [1.54, 1.807) is 36.5 Å². The monoisotopic (exact) mass is 328 g/mol. The van der Waals surface area contributed by atoms with Gasteiger partial charge in [-0.1, -0.05) is 23.4 Å². The summed E-state index contributed by atoms with van der Waals surface area (Å²) in [5.41, 5.74) is 6.42. The lowest BCUT2D eigenvalue weighted by Crippen LogP contribution is -1.99. The number of pyridine rings is 1. The molecule has 1 aromatic heterocycles. The van der Waals surface area contributed by atoms with Gasteiger partial charge in [0.2, 0.25) is 0 Å². The molecule has 0 aliphatic carbocycles. The first-order valence-corrected chi connectivity index (χ1v) is 8.82. The fourth-order valence-corrected chi connectivity index (χ4v) is 3.32. The van der Waals surface area contributed by atoms with E-state index >= 15 is 0 Å². The molecule has 0 atom stereocenters. The molecule has 0 unspecified atom stereocenters. The minimum atomic E-state index is -3.18. The van der Waals surface area contributed by atoms with Gasteiger partial charge in [-0.05, 0) is 35.9 Å². The Morgan fingerprint density at radius 1 is 1.25 bits per heavy atom. The Balaban J connectivity index is 2.27. The van der Waals surface area contributed by atoms with Gasteiger partial charge in [0.05, 0.1) is 9.92 Å². The quantitative estimate of drug-likeness (QED) is 0.934. The normalized spacial score (nSPS) is 11.6. The molecule has 0 aliphatic heterocycles. The van der Waals surface area contributed by atoms with Gasteiger partial charge in [0.1, 0.15) is 5.03 Å². The third-order valence-electron chi connectivity index (χ3n) is 2.62. The molecule has 0 saturated heterocycles. The second-order valence-corrected chi connectivity index (χ2v) is 7.59. The number of benzene rings is 1. The topological polar surface area (TPSA) is 73.0 Å². The van der Waals surface area contributed by atoms with E-state index in [-0.39, 0.29) is 4.90 Å². The van der Waals surface area contributed by atoms with Crippen LogP contribution in [-0.2, 0) is 16.4 Å². The Kier molecular flexibility index (Phi) is 4.70. The highest BCUT2D eigenvalue weighted by molar-refractivity contribution is 7.99. The van der Waals surface area contributed by atoms with Crippen molar-refractivity contribution in [3.05, 3.63) is 47.1 Å². The summed E-state index contributed by atoms with van der Waals surface area (Å²) in [6.45, 7) is 0.349. The first-order chi connectivity index (χ1) is 9.41. The number of halogens is 1. The van der Waals surface area contributed by atoms with E-state index in [1.807, 2.05) is 0 Å². The van der Waals surface area contributed by atoms with Crippen LogP contribution in [0.4, 0.5) is 0 Å². The van der Waals surface area contributed by atoms with Crippen LogP contribution in [0.2, 0.25) is 5.02 Å². The molecule has 20 heavy (non-hydrogen) atoms. The molecule has 2 N–H and O–H groups in total. The van der Waals surface area contributed by atoms with Crippen LogP contribution in [0.25, 0.3) is 0 Å². The van der Waals surface area contributed by atoms with E-state index in [4.69, 9.17) is 17.3 Å². The van der Waals surface area contributed by atoms with Crippen molar-refractivity contribution in [3.8, 4) is 0 Å². The molecule has 1 aromatic carbocycles. The van der Waals surface area contributed by atoms with Gasteiger partial charge >= 0.3 is 0 Å². The molecule has 106 valence electrons. The van der Waals surface area contributed by atoms with Crippen molar-refractivity contribution in [2.24, 2.45) is 5.73 Å². The Morgan fingerprint density at radius 2 is 1.90 bits per heavy atom. The van der Waals surface area contributed by atoms with Crippen molar-refractivity contribution in [3.63, 3.8) is 0 Å². The minimum absolute atomic E-state index is 0.289. The third-order valence-corrected chi connectivity index (χ3v) is 5.30. The predicted molar refractivity (Wildman–Crippen MR) is 80.8 cm³/mol. The standard InChI is InChI=1S/C13H13ClN2O2S2/c1-20(17,18)11-4-2-10(3-5-11)19-13-12(14)9(8-15)6-7-16-13/h2-7H,8,15H2,1H3. The van der Waals surface area contributed by atoms with E-state index in [0.29, 0.717) is 16.6 Å². The molecular weight excluding hydrogens is 316 g/mol. The first-order valence-electron chi connectivity index (χ1n) is 5.73. The smallest absolute Gasteiger partial charge is 0.175 e. The van der Waals surface area contributed by atoms with Gasteiger partial charge in [0, 0.05) is 23.9 Å². The van der Waals surface area contributed by atoms with Crippen LogP contribution < -0.4 is 5.73 Å². The highest BCUT2D eigenvalue weighted by Gasteiger charge is 2.10. The Labute approximate surface area is 127 Å². The molecule has 0 spiro atoms. The Hall–Kier alpha value is -1.08. The van der Waals surface area contributed by atoms with Gasteiger partial charge in [-0.25, -0.2) is 13.4 Å². The Bertz CT molecular complexity index is 716. The van der Waals surface area contributed by atoms with Gasteiger partial charge in [-0.15, -0.1) is 0 Å². The SMILES string of the molecule is CS(=O)(=O)c1ccc(Sc2nccc(CN)c2Cl)cc1. The molecule has 7 heteroatoms. The van der Waals surface area contributed by atoms with Gasteiger partial charge in [-0.2, -0.15) is 0 Å². The first kappa shape index (κ1) is 15.3. The summed E-state index contributed by atoms with van der Waals surface area (Å²) < 4.78 is 22.8. The number of hydrogen-bond donors (Lipinski definition) is 1. The maximum Gasteiger partial charge on any atom is 0.175 e. The van der Waals surface area contributed by atoms with Crippen molar-refractivity contribution < 1.29 is 8.42 Å². The lowest BCUT2D eigenvalue weighted by Gasteiger charge is -2.07. The van der Waals surface area contributed by atoms with Crippen LogP contribution in [-0.4, -0.2) is 19.7 Å². The number of sulfone groups is 1. The molecule has 2 aromatic rings. The summed E-state index contributed by atoms with van der Waals surface area (Å²) >= 11 is 7.57. The van der Waals surface area contributed by atoms with Crippen molar-refractivity contribution in [1.82, 2.24) is 4.98 Å². The van der Waals surface area contributed by atoms with Crippen molar-refractivity contribution in [2.75, 3.05) is 6.26 Å². The highest BCUT2D eigenvalue weighted by Crippen LogP contribution is 2.33. The molecule has 0 saturated carbocycles. The van der Waals surface area contributed by atoms with Crippen LogP contribution in [0.1, 0.15) is 5.56 Å². The maximum absolute atomic E-state index is 11.4. The molecule has 0 fully saturated rings.